The van der Waals surface area contributed by atoms with Crippen LogP contribution in [0.3, 0.4) is 0 Å². The van der Waals surface area contributed by atoms with Crippen LogP contribution in [-0.4, -0.2) is 65.2 Å². The minimum Gasteiger partial charge on any atom is -0.478 e. The van der Waals surface area contributed by atoms with Crippen LogP contribution in [0, 0.1) is 17.7 Å². The number of nitrogens with zero attached hydrogens (tertiary/aromatic N) is 3. The average molecular weight is 568 g/mol. The SMILES string of the molecule is CCC1Oc2cc(F)c(CN3CCC(c4ccc(C(=O)NN5CCC(C(F)(F)F)C5)nc4F)CC3)cc2NC1=O. The highest BCUT2D eigenvalue weighted by Gasteiger charge is 2.44. The number of ether oxygens (including phenoxy) is 1. The molecule has 2 fully saturated rings. The second-order valence-electron chi connectivity index (χ2n) is 10.5. The van der Waals surface area contributed by atoms with E-state index in [0.29, 0.717) is 61.5 Å². The van der Waals surface area contributed by atoms with Crippen molar-refractivity contribution in [3.8, 4) is 5.75 Å². The summed E-state index contributed by atoms with van der Waals surface area (Å²) in [5, 5.41) is 3.95. The molecule has 0 spiro atoms. The number of nitrogens with one attached hydrogen (secondary N) is 2. The number of hydrazine groups is 1. The van der Waals surface area contributed by atoms with Gasteiger partial charge in [-0.1, -0.05) is 13.0 Å². The van der Waals surface area contributed by atoms with Gasteiger partial charge in [0, 0.05) is 36.8 Å². The number of anilines is 1. The summed E-state index contributed by atoms with van der Waals surface area (Å²) in [7, 11) is 0. The first-order valence-electron chi connectivity index (χ1n) is 13.3. The Kier molecular flexibility index (Phi) is 7.96. The Balaban J connectivity index is 1.16. The number of aromatic nitrogens is 1. The van der Waals surface area contributed by atoms with E-state index in [2.05, 4.69) is 15.7 Å². The summed E-state index contributed by atoms with van der Waals surface area (Å²) in [6.45, 7) is 2.95. The van der Waals surface area contributed by atoms with Crippen molar-refractivity contribution < 1.29 is 36.3 Å². The van der Waals surface area contributed by atoms with Gasteiger partial charge in [0.25, 0.3) is 11.8 Å². The highest BCUT2D eigenvalue weighted by atomic mass is 19.4. The molecule has 0 aliphatic carbocycles. The molecule has 216 valence electrons. The molecule has 2 aromatic rings. The molecule has 5 rings (SSSR count). The van der Waals surface area contributed by atoms with Gasteiger partial charge in [-0.2, -0.15) is 17.6 Å². The maximum absolute atomic E-state index is 14.9. The zero-order valence-corrected chi connectivity index (χ0v) is 21.9. The first kappa shape index (κ1) is 28.2. The lowest BCUT2D eigenvalue weighted by Gasteiger charge is -2.32. The Hall–Kier alpha value is -3.32. The molecule has 3 aliphatic heterocycles. The minimum absolute atomic E-state index is 0.0478. The van der Waals surface area contributed by atoms with Crippen molar-refractivity contribution in [2.45, 2.75) is 57.3 Å². The van der Waals surface area contributed by atoms with Gasteiger partial charge in [-0.15, -0.1) is 0 Å². The summed E-state index contributed by atoms with van der Waals surface area (Å²) >= 11 is 0. The Bertz CT molecular complexity index is 1280. The molecule has 2 N–H and O–H groups in total. The van der Waals surface area contributed by atoms with Crippen LogP contribution >= 0.6 is 0 Å². The summed E-state index contributed by atoms with van der Waals surface area (Å²) in [6, 6.07) is 5.74. The number of hydrogen-bond acceptors (Lipinski definition) is 6. The fourth-order valence-corrected chi connectivity index (χ4v) is 5.45. The quantitative estimate of drug-likeness (QED) is 0.398. The van der Waals surface area contributed by atoms with Gasteiger partial charge in [0.1, 0.15) is 17.3 Å². The van der Waals surface area contributed by atoms with E-state index >= 15 is 0 Å². The number of pyridine rings is 1. The topological polar surface area (TPSA) is 86.8 Å². The lowest BCUT2D eigenvalue weighted by atomic mass is 9.90. The number of benzene rings is 1. The molecule has 0 saturated carbocycles. The number of halogens is 5. The molecule has 1 aromatic heterocycles. The molecule has 0 radical (unpaired) electrons. The Morgan fingerprint density at radius 3 is 2.55 bits per heavy atom. The van der Waals surface area contributed by atoms with E-state index in [1.165, 1.54) is 23.2 Å². The molecule has 40 heavy (non-hydrogen) atoms. The summed E-state index contributed by atoms with van der Waals surface area (Å²) in [5.74, 6) is -3.61. The minimum atomic E-state index is -4.33. The molecule has 2 amide bonds. The second kappa shape index (κ2) is 11.3. The fraction of sp³-hybridized carbons (Fsp3) is 0.519. The van der Waals surface area contributed by atoms with Crippen LogP contribution in [0.2, 0.25) is 0 Å². The van der Waals surface area contributed by atoms with Crippen molar-refractivity contribution in [1.82, 2.24) is 20.3 Å². The molecule has 0 bridgehead atoms. The Morgan fingerprint density at radius 1 is 1.15 bits per heavy atom. The monoisotopic (exact) mass is 567 g/mol. The number of hydrogen-bond donors (Lipinski definition) is 2. The third-order valence-electron chi connectivity index (χ3n) is 7.78. The average Bonchev–Trinajstić information content (AvgIpc) is 3.39. The van der Waals surface area contributed by atoms with Crippen LogP contribution in [0.1, 0.15) is 60.1 Å². The van der Waals surface area contributed by atoms with Gasteiger partial charge < -0.3 is 10.1 Å². The predicted octanol–water partition coefficient (Wildman–Crippen LogP) is 4.38. The number of rotatable bonds is 6. The summed E-state index contributed by atoms with van der Waals surface area (Å²) in [4.78, 5) is 30.4. The third kappa shape index (κ3) is 6.04. The van der Waals surface area contributed by atoms with Crippen molar-refractivity contribution in [1.29, 1.82) is 0 Å². The maximum atomic E-state index is 14.9. The van der Waals surface area contributed by atoms with Crippen LogP contribution in [0.15, 0.2) is 24.3 Å². The van der Waals surface area contributed by atoms with E-state index < -0.39 is 35.9 Å². The number of carbonyl (C=O) groups excluding carboxylic acids is 2. The summed E-state index contributed by atoms with van der Waals surface area (Å²) < 4.78 is 73.9. The molecule has 4 heterocycles. The number of alkyl halides is 3. The zero-order valence-electron chi connectivity index (χ0n) is 21.9. The zero-order chi connectivity index (χ0) is 28.6. The van der Waals surface area contributed by atoms with E-state index in [4.69, 9.17) is 4.74 Å². The molecule has 3 aliphatic rings. The lowest BCUT2D eigenvalue weighted by molar-refractivity contribution is -0.171. The molecule has 13 heteroatoms. The number of fused-ring (bicyclic) bond motifs is 1. The van der Waals surface area contributed by atoms with Crippen LogP contribution < -0.4 is 15.5 Å². The van der Waals surface area contributed by atoms with Crippen molar-refractivity contribution in [2.75, 3.05) is 31.5 Å². The van der Waals surface area contributed by atoms with Crippen LogP contribution in [0.5, 0.6) is 5.75 Å². The van der Waals surface area contributed by atoms with Crippen LogP contribution in [0.25, 0.3) is 0 Å². The Labute approximate surface area is 227 Å². The highest BCUT2D eigenvalue weighted by Crippen LogP contribution is 2.35. The van der Waals surface area contributed by atoms with Gasteiger partial charge in [0.05, 0.1) is 11.6 Å². The van der Waals surface area contributed by atoms with Crippen molar-refractivity contribution in [3.63, 3.8) is 0 Å². The van der Waals surface area contributed by atoms with Crippen molar-refractivity contribution in [2.24, 2.45) is 5.92 Å². The molecule has 1 aromatic carbocycles. The first-order valence-corrected chi connectivity index (χ1v) is 13.3. The summed E-state index contributed by atoms with van der Waals surface area (Å²) in [5.41, 5.74) is 3.38. The lowest BCUT2D eigenvalue weighted by Crippen LogP contribution is -2.42. The van der Waals surface area contributed by atoms with E-state index in [-0.39, 0.29) is 37.0 Å². The van der Waals surface area contributed by atoms with Crippen molar-refractivity contribution >= 4 is 17.5 Å². The largest absolute Gasteiger partial charge is 0.478 e. The highest BCUT2D eigenvalue weighted by molar-refractivity contribution is 5.97. The van der Waals surface area contributed by atoms with Gasteiger partial charge in [-0.3, -0.25) is 19.9 Å². The third-order valence-corrected chi connectivity index (χ3v) is 7.78. The number of likely N-dealkylation sites (tertiary alicyclic amines) is 1. The predicted molar refractivity (Wildman–Crippen MR) is 134 cm³/mol. The van der Waals surface area contributed by atoms with E-state index in [1.54, 1.807) is 6.07 Å². The van der Waals surface area contributed by atoms with Crippen LogP contribution in [-0.2, 0) is 11.3 Å². The normalized spacial score (nSPS) is 22.5. The van der Waals surface area contributed by atoms with Crippen molar-refractivity contribution in [3.05, 3.63) is 52.9 Å². The fourth-order valence-electron chi connectivity index (χ4n) is 5.45. The van der Waals surface area contributed by atoms with Gasteiger partial charge in [0.2, 0.25) is 5.95 Å². The van der Waals surface area contributed by atoms with Gasteiger partial charge in [-0.05, 0) is 56.8 Å². The molecular weight excluding hydrogens is 537 g/mol. The van der Waals surface area contributed by atoms with E-state index in [0.717, 1.165) is 0 Å². The second-order valence-corrected chi connectivity index (χ2v) is 10.5. The number of amides is 2. The standard InChI is InChI=1S/C27H30F5N5O3/c1-2-22-26(39)34-21-11-16(19(28)12-23(21)40-22)13-36-8-5-15(6-9-36)18-3-4-20(33-24(18)29)25(38)35-37-10-7-17(14-37)27(30,31)32/h3-4,11-12,15,17,22H,2,5-10,13-14H2,1H3,(H,34,39)(H,35,38). The summed E-state index contributed by atoms with van der Waals surface area (Å²) in [6.07, 6.45) is -3.46. The molecular formula is C27H30F5N5O3. The van der Waals surface area contributed by atoms with Gasteiger partial charge >= 0.3 is 6.18 Å². The number of piperidine rings is 1. The smallest absolute Gasteiger partial charge is 0.393 e. The first-order chi connectivity index (χ1) is 19.0. The molecule has 2 saturated heterocycles. The number of carbonyl (C=O) groups is 2. The van der Waals surface area contributed by atoms with E-state index in [1.807, 2.05) is 11.8 Å². The molecule has 8 nitrogen and oxygen atoms in total. The van der Waals surface area contributed by atoms with E-state index in [9.17, 15) is 31.5 Å². The van der Waals surface area contributed by atoms with Gasteiger partial charge in [0.15, 0.2) is 6.10 Å². The Morgan fingerprint density at radius 2 is 1.90 bits per heavy atom. The molecule has 2 atom stereocenters. The van der Waals surface area contributed by atoms with Gasteiger partial charge in [-0.25, -0.2) is 14.4 Å². The molecule has 2 unspecified atom stereocenters. The maximum Gasteiger partial charge on any atom is 0.393 e. The van der Waals surface area contributed by atoms with Crippen LogP contribution in [0.4, 0.5) is 27.6 Å².